The summed E-state index contributed by atoms with van der Waals surface area (Å²) in [5.74, 6) is -0.375. The number of hydrogen-bond acceptors (Lipinski definition) is 7. The first-order chi connectivity index (χ1) is 7.11. The molecule has 1 aliphatic heterocycles. The minimum atomic E-state index is -0.755. The molecule has 1 fully saturated rings. The van der Waals surface area contributed by atoms with Crippen LogP contribution in [0.25, 0.3) is 0 Å². The van der Waals surface area contributed by atoms with Crippen LogP contribution in [0.4, 0.5) is 4.79 Å². The predicted molar refractivity (Wildman–Crippen MR) is 64.9 cm³/mol. The van der Waals surface area contributed by atoms with Gasteiger partial charge in [-0.2, -0.15) is 0 Å². The maximum absolute atomic E-state index is 11.2. The Balaban J connectivity index is 2.41. The number of imide groups is 1. The van der Waals surface area contributed by atoms with E-state index in [9.17, 15) is 9.59 Å². The molecule has 5 nitrogen and oxygen atoms in total. The molecule has 0 aliphatic carbocycles. The molecule has 8 heteroatoms. The second-order valence-electron chi connectivity index (χ2n) is 2.52. The zero-order valence-corrected chi connectivity index (χ0v) is 10.7. The Hall–Kier alpha value is -0.340. The molecular weight excluding hydrogens is 256 g/mol. The Kier molecular flexibility index (Phi) is 5.34. The molecule has 1 saturated heterocycles. The lowest BCUT2D eigenvalue weighted by molar-refractivity contribution is -0.126. The van der Waals surface area contributed by atoms with E-state index < -0.39 is 6.09 Å². The minimum absolute atomic E-state index is 0.375. The second-order valence-corrected chi connectivity index (χ2v) is 6.42. The SMILES string of the molecule is CC(=O)N(C)C(=O)ON=C1SCSCS1. The summed E-state index contributed by atoms with van der Waals surface area (Å²) >= 11 is 4.83. The molecule has 0 saturated carbocycles. The third-order valence-electron chi connectivity index (χ3n) is 1.48. The number of nitrogens with zero attached hydrogens (tertiary/aromatic N) is 2. The number of amides is 2. The van der Waals surface area contributed by atoms with Gasteiger partial charge in [0.2, 0.25) is 5.91 Å². The zero-order valence-electron chi connectivity index (χ0n) is 8.26. The zero-order chi connectivity index (χ0) is 11.3. The molecule has 84 valence electrons. The smallest absolute Gasteiger partial charge is 0.296 e. The van der Waals surface area contributed by atoms with E-state index >= 15 is 0 Å². The average Bonchev–Trinajstić information content (AvgIpc) is 2.26. The van der Waals surface area contributed by atoms with Crippen LogP contribution in [-0.4, -0.2) is 38.5 Å². The first-order valence-corrected chi connectivity index (χ1v) is 7.10. The van der Waals surface area contributed by atoms with Crippen LogP contribution in [0.15, 0.2) is 5.16 Å². The van der Waals surface area contributed by atoms with Gasteiger partial charge in [0.05, 0.1) is 0 Å². The van der Waals surface area contributed by atoms with Crippen LogP contribution in [-0.2, 0) is 9.63 Å². The van der Waals surface area contributed by atoms with E-state index in [1.165, 1.54) is 37.5 Å². The maximum atomic E-state index is 11.2. The number of hydrogen-bond donors (Lipinski definition) is 0. The van der Waals surface area contributed by atoms with Gasteiger partial charge in [0.25, 0.3) is 0 Å². The molecule has 0 radical (unpaired) electrons. The lowest BCUT2D eigenvalue weighted by Gasteiger charge is -2.12. The molecule has 0 unspecified atom stereocenters. The fraction of sp³-hybridized carbons (Fsp3) is 0.571. The van der Waals surface area contributed by atoms with Crippen molar-refractivity contribution in [3.63, 3.8) is 0 Å². The summed E-state index contributed by atoms with van der Waals surface area (Å²) in [7, 11) is 1.35. The van der Waals surface area contributed by atoms with Gasteiger partial charge in [-0.25, -0.2) is 9.69 Å². The Bertz CT molecular complexity index is 287. The average molecular weight is 266 g/mol. The van der Waals surface area contributed by atoms with E-state index in [4.69, 9.17) is 0 Å². The van der Waals surface area contributed by atoms with E-state index in [2.05, 4.69) is 9.99 Å². The van der Waals surface area contributed by atoms with Gasteiger partial charge < -0.3 is 0 Å². The van der Waals surface area contributed by atoms with Gasteiger partial charge in [0.1, 0.15) is 0 Å². The normalized spacial score (nSPS) is 15.7. The van der Waals surface area contributed by atoms with E-state index in [0.29, 0.717) is 0 Å². The van der Waals surface area contributed by atoms with Crippen LogP contribution in [0, 0.1) is 0 Å². The lowest BCUT2D eigenvalue weighted by atomic mass is 10.6. The van der Waals surface area contributed by atoms with Gasteiger partial charge in [0.15, 0.2) is 4.38 Å². The molecule has 2 amide bonds. The third-order valence-corrected chi connectivity index (χ3v) is 5.10. The monoisotopic (exact) mass is 266 g/mol. The largest absolute Gasteiger partial charge is 0.442 e. The fourth-order valence-electron chi connectivity index (χ4n) is 0.579. The molecule has 0 aromatic heterocycles. The van der Waals surface area contributed by atoms with Crippen LogP contribution in [0.1, 0.15) is 6.92 Å². The lowest BCUT2D eigenvalue weighted by Crippen LogP contribution is -2.30. The van der Waals surface area contributed by atoms with Crippen molar-refractivity contribution in [3.05, 3.63) is 0 Å². The van der Waals surface area contributed by atoms with Crippen molar-refractivity contribution in [1.82, 2.24) is 4.90 Å². The summed E-state index contributed by atoms with van der Waals surface area (Å²) in [6.07, 6.45) is -0.755. The highest BCUT2D eigenvalue weighted by molar-refractivity contribution is 8.48. The predicted octanol–water partition coefficient (Wildman–Crippen LogP) is 2.00. The molecule has 0 bridgehead atoms. The van der Waals surface area contributed by atoms with Gasteiger partial charge in [-0.3, -0.25) is 9.63 Å². The molecule has 0 spiro atoms. The molecule has 0 aromatic rings. The van der Waals surface area contributed by atoms with Crippen LogP contribution >= 0.6 is 35.3 Å². The van der Waals surface area contributed by atoms with Crippen molar-refractivity contribution in [2.24, 2.45) is 5.16 Å². The number of carbonyl (C=O) groups is 2. The Morgan fingerprint density at radius 2 is 2.00 bits per heavy atom. The topological polar surface area (TPSA) is 59.0 Å². The molecule has 1 heterocycles. The highest BCUT2D eigenvalue weighted by Gasteiger charge is 2.15. The van der Waals surface area contributed by atoms with E-state index in [1.54, 1.807) is 11.8 Å². The Morgan fingerprint density at radius 1 is 1.40 bits per heavy atom. The second kappa shape index (κ2) is 6.29. The first kappa shape index (κ1) is 12.7. The fourth-order valence-corrected chi connectivity index (χ4v) is 4.32. The van der Waals surface area contributed by atoms with Gasteiger partial charge in [-0.05, 0) is 0 Å². The molecule has 15 heavy (non-hydrogen) atoms. The van der Waals surface area contributed by atoms with E-state index in [0.717, 1.165) is 19.4 Å². The van der Waals surface area contributed by atoms with Gasteiger partial charge in [0, 0.05) is 24.1 Å². The summed E-state index contributed by atoms with van der Waals surface area (Å²) in [4.78, 5) is 27.5. The standard InChI is InChI=1S/C7H10N2O3S3/c1-5(10)9(2)7(11)12-8-6-14-3-13-4-15-6/h3-4H2,1-2H3. The van der Waals surface area contributed by atoms with E-state index in [-0.39, 0.29) is 5.91 Å². The van der Waals surface area contributed by atoms with E-state index in [1.807, 2.05) is 0 Å². The van der Waals surface area contributed by atoms with Gasteiger partial charge in [-0.15, -0.1) is 11.8 Å². The van der Waals surface area contributed by atoms with Crippen molar-refractivity contribution in [2.75, 3.05) is 17.2 Å². The molecular formula is C7H10N2O3S3. The van der Waals surface area contributed by atoms with Crippen molar-refractivity contribution < 1.29 is 14.4 Å². The van der Waals surface area contributed by atoms with Gasteiger partial charge in [-0.1, -0.05) is 28.7 Å². The maximum Gasteiger partial charge on any atom is 0.442 e. The van der Waals surface area contributed by atoms with Crippen molar-refractivity contribution in [2.45, 2.75) is 6.92 Å². The number of rotatable bonds is 1. The summed E-state index contributed by atoms with van der Waals surface area (Å²) in [6, 6.07) is 0. The third kappa shape index (κ3) is 4.35. The van der Waals surface area contributed by atoms with Crippen LogP contribution in [0.3, 0.4) is 0 Å². The Morgan fingerprint density at radius 3 is 2.53 bits per heavy atom. The molecule has 0 aromatic carbocycles. The van der Waals surface area contributed by atoms with Crippen LogP contribution < -0.4 is 0 Å². The van der Waals surface area contributed by atoms with Gasteiger partial charge >= 0.3 is 6.09 Å². The number of thioether (sulfide) groups is 3. The van der Waals surface area contributed by atoms with Crippen molar-refractivity contribution in [3.8, 4) is 0 Å². The molecule has 1 rings (SSSR count). The van der Waals surface area contributed by atoms with Crippen LogP contribution in [0.5, 0.6) is 0 Å². The molecule has 1 aliphatic rings. The summed E-state index contributed by atoms with van der Waals surface area (Å²) in [5.41, 5.74) is 0. The minimum Gasteiger partial charge on any atom is -0.296 e. The van der Waals surface area contributed by atoms with Crippen molar-refractivity contribution >= 4 is 51.7 Å². The number of carbonyl (C=O) groups excluding carboxylic acids is 2. The summed E-state index contributed by atoms with van der Waals surface area (Å²) in [5, 5.41) is 5.49. The summed E-state index contributed by atoms with van der Waals surface area (Å²) in [6.45, 7) is 1.29. The molecule has 0 atom stereocenters. The first-order valence-electron chi connectivity index (χ1n) is 3.98. The Labute approximate surface area is 100 Å². The number of oxime groups is 1. The molecule has 0 N–H and O–H groups in total. The van der Waals surface area contributed by atoms with Crippen molar-refractivity contribution in [1.29, 1.82) is 0 Å². The highest BCUT2D eigenvalue weighted by Crippen LogP contribution is 2.31. The highest BCUT2D eigenvalue weighted by atomic mass is 32.3. The summed E-state index contributed by atoms with van der Waals surface area (Å²) < 4.78 is 0.721. The van der Waals surface area contributed by atoms with Crippen LogP contribution in [0.2, 0.25) is 0 Å². The quantitative estimate of drug-likeness (QED) is 0.534.